The van der Waals surface area contributed by atoms with E-state index in [1.54, 1.807) is 6.92 Å². The van der Waals surface area contributed by atoms with E-state index in [2.05, 4.69) is 6.58 Å². The zero-order chi connectivity index (χ0) is 10.7. The van der Waals surface area contributed by atoms with Crippen molar-refractivity contribution in [2.24, 2.45) is 0 Å². The molecule has 4 nitrogen and oxygen atoms in total. The molecule has 0 heterocycles. The Morgan fingerprint density at radius 3 is 2.31 bits per heavy atom. The molecule has 1 N–H and O–H groups in total. The van der Waals surface area contributed by atoms with Gasteiger partial charge >= 0.3 is 0 Å². The Morgan fingerprint density at radius 1 is 1.62 bits per heavy atom. The van der Waals surface area contributed by atoms with Crippen LogP contribution in [0.5, 0.6) is 0 Å². The molecule has 0 aromatic carbocycles. The molecule has 0 aliphatic rings. The van der Waals surface area contributed by atoms with Crippen molar-refractivity contribution in [3.8, 4) is 0 Å². The molecule has 0 fully saturated rings. The summed E-state index contributed by atoms with van der Waals surface area (Å²) >= 11 is 0. The molecule has 1 atom stereocenters. The number of hydrogen-bond acceptors (Lipinski definition) is 3. The predicted molar refractivity (Wildman–Crippen MR) is 50.1 cm³/mol. The van der Waals surface area contributed by atoms with E-state index in [1.165, 1.54) is 6.92 Å². The van der Waals surface area contributed by atoms with E-state index in [4.69, 9.17) is 4.55 Å². The average molecular weight is 206 g/mol. The van der Waals surface area contributed by atoms with Crippen LogP contribution in [0.4, 0.5) is 0 Å². The SMILES string of the molecule is C=CC(=O)C(C)(CCC)S(=O)(=O)O. The molecule has 0 bridgehead atoms. The fourth-order valence-electron chi connectivity index (χ4n) is 1.07. The van der Waals surface area contributed by atoms with Crippen molar-refractivity contribution in [1.82, 2.24) is 0 Å². The lowest BCUT2D eigenvalue weighted by molar-refractivity contribution is -0.116. The van der Waals surface area contributed by atoms with Crippen molar-refractivity contribution in [3.05, 3.63) is 12.7 Å². The summed E-state index contributed by atoms with van der Waals surface area (Å²) in [4.78, 5) is 11.2. The van der Waals surface area contributed by atoms with Gasteiger partial charge in [0, 0.05) is 0 Å². The Kier molecular flexibility index (Phi) is 3.81. The molecular formula is C8H14O4S. The molecule has 0 aliphatic heterocycles. The molecule has 13 heavy (non-hydrogen) atoms. The minimum Gasteiger partial charge on any atom is -0.293 e. The first kappa shape index (κ1) is 12.3. The zero-order valence-electron chi connectivity index (χ0n) is 7.78. The van der Waals surface area contributed by atoms with Crippen molar-refractivity contribution in [3.63, 3.8) is 0 Å². The molecule has 0 saturated heterocycles. The number of carbonyl (C=O) groups is 1. The summed E-state index contributed by atoms with van der Waals surface area (Å²) in [6.45, 7) is 6.14. The Hall–Kier alpha value is -0.680. The normalized spacial score (nSPS) is 16.2. The Balaban J connectivity index is 5.19. The van der Waals surface area contributed by atoms with E-state index >= 15 is 0 Å². The maximum Gasteiger partial charge on any atom is 0.277 e. The molecule has 0 spiro atoms. The lowest BCUT2D eigenvalue weighted by atomic mass is 10.00. The second-order valence-electron chi connectivity index (χ2n) is 3.02. The van der Waals surface area contributed by atoms with E-state index in [1.807, 2.05) is 0 Å². The van der Waals surface area contributed by atoms with Gasteiger partial charge in [0.25, 0.3) is 10.1 Å². The summed E-state index contributed by atoms with van der Waals surface area (Å²) in [7, 11) is -4.36. The van der Waals surface area contributed by atoms with Crippen LogP contribution in [0.25, 0.3) is 0 Å². The number of ketones is 1. The van der Waals surface area contributed by atoms with Gasteiger partial charge in [-0.05, 0) is 19.4 Å². The van der Waals surface area contributed by atoms with Gasteiger partial charge in [-0.15, -0.1) is 0 Å². The van der Waals surface area contributed by atoms with Gasteiger partial charge in [-0.25, -0.2) is 0 Å². The molecule has 0 aliphatic carbocycles. The van der Waals surface area contributed by atoms with E-state index in [0.29, 0.717) is 6.42 Å². The number of rotatable bonds is 5. The van der Waals surface area contributed by atoms with Crippen LogP contribution in [0.1, 0.15) is 26.7 Å². The highest BCUT2D eigenvalue weighted by Crippen LogP contribution is 2.23. The molecule has 0 rings (SSSR count). The van der Waals surface area contributed by atoms with Crippen LogP contribution in [0.3, 0.4) is 0 Å². The predicted octanol–water partition coefficient (Wildman–Crippen LogP) is 1.19. The molecule has 0 radical (unpaired) electrons. The highest BCUT2D eigenvalue weighted by Gasteiger charge is 2.42. The van der Waals surface area contributed by atoms with Gasteiger partial charge in [0.05, 0.1) is 0 Å². The summed E-state index contributed by atoms with van der Waals surface area (Å²) in [6, 6.07) is 0. The molecular weight excluding hydrogens is 192 g/mol. The maximum atomic E-state index is 11.2. The second kappa shape index (κ2) is 4.02. The number of hydrogen-bond donors (Lipinski definition) is 1. The van der Waals surface area contributed by atoms with Gasteiger partial charge in [0.1, 0.15) is 0 Å². The van der Waals surface area contributed by atoms with Crippen molar-refractivity contribution >= 4 is 15.9 Å². The first-order valence-corrected chi connectivity index (χ1v) is 5.37. The van der Waals surface area contributed by atoms with Crippen LogP contribution in [0, 0.1) is 0 Å². The van der Waals surface area contributed by atoms with E-state index in [-0.39, 0.29) is 6.42 Å². The topological polar surface area (TPSA) is 71.4 Å². The number of allylic oxidation sites excluding steroid dienone is 1. The third-order valence-electron chi connectivity index (χ3n) is 2.00. The van der Waals surface area contributed by atoms with Crippen LogP contribution in [0.15, 0.2) is 12.7 Å². The van der Waals surface area contributed by atoms with E-state index < -0.39 is 20.6 Å². The molecule has 0 aromatic heterocycles. The third-order valence-corrected chi connectivity index (χ3v) is 3.55. The second-order valence-corrected chi connectivity index (χ2v) is 4.88. The first-order chi connectivity index (χ1) is 5.79. The van der Waals surface area contributed by atoms with Crippen LogP contribution in [0.2, 0.25) is 0 Å². The summed E-state index contributed by atoms with van der Waals surface area (Å²) in [5, 5.41) is 0. The van der Waals surface area contributed by atoms with E-state index in [0.717, 1.165) is 6.08 Å². The monoisotopic (exact) mass is 206 g/mol. The third kappa shape index (κ3) is 2.38. The van der Waals surface area contributed by atoms with Crippen LogP contribution < -0.4 is 0 Å². The largest absolute Gasteiger partial charge is 0.293 e. The Bertz CT molecular complexity index is 304. The minimum atomic E-state index is -4.36. The lowest BCUT2D eigenvalue weighted by Crippen LogP contribution is -2.42. The van der Waals surface area contributed by atoms with Gasteiger partial charge in [0.2, 0.25) is 0 Å². The van der Waals surface area contributed by atoms with Crippen molar-refractivity contribution in [2.75, 3.05) is 0 Å². The van der Waals surface area contributed by atoms with Crippen LogP contribution in [-0.4, -0.2) is 23.5 Å². The fraction of sp³-hybridized carbons (Fsp3) is 0.625. The smallest absolute Gasteiger partial charge is 0.277 e. The standard InChI is InChI=1S/C8H14O4S/c1-4-6-8(3,7(9)5-2)13(10,11)12/h5H,2,4,6H2,1,3H3,(H,10,11,12). The highest BCUT2D eigenvalue weighted by atomic mass is 32.2. The summed E-state index contributed by atoms with van der Waals surface area (Å²) < 4.78 is 29.0. The summed E-state index contributed by atoms with van der Waals surface area (Å²) in [5.74, 6) is -0.670. The van der Waals surface area contributed by atoms with Crippen molar-refractivity contribution in [1.29, 1.82) is 0 Å². The van der Waals surface area contributed by atoms with Gasteiger partial charge in [0.15, 0.2) is 10.5 Å². The van der Waals surface area contributed by atoms with Crippen molar-refractivity contribution in [2.45, 2.75) is 31.4 Å². The highest BCUT2D eigenvalue weighted by molar-refractivity contribution is 7.88. The molecule has 76 valence electrons. The average Bonchev–Trinajstić information content (AvgIpc) is 2.01. The van der Waals surface area contributed by atoms with Crippen LogP contribution in [-0.2, 0) is 14.9 Å². The van der Waals surface area contributed by atoms with Gasteiger partial charge < -0.3 is 0 Å². The van der Waals surface area contributed by atoms with Crippen LogP contribution >= 0.6 is 0 Å². The Morgan fingerprint density at radius 2 is 2.08 bits per heavy atom. The Labute approximate surface area is 78.4 Å². The molecule has 0 saturated carbocycles. The summed E-state index contributed by atoms with van der Waals surface area (Å²) in [6.07, 6.45) is 1.51. The lowest BCUT2D eigenvalue weighted by Gasteiger charge is -2.22. The quantitative estimate of drug-likeness (QED) is 0.541. The molecule has 0 amide bonds. The fourth-order valence-corrected chi connectivity index (χ4v) is 1.87. The maximum absolute atomic E-state index is 11.2. The summed E-state index contributed by atoms with van der Waals surface area (Å²) in [5.41, 5.74) is 0. The number of carbonyl (C=O) groups excluding carboxylic acids is 1. The molecule has 1 unspecified atom stereocenters. The van der Waals surface area contributed by atoms with Gasteiger partial charge in [-0.3, -0.25) is 9.35 Å². The molecule has 0 aromatic rings. The van der Waals surface area contributed by atoms with Gasteiger partial charge in [-0.2, -0.15) is 8.42 Å². The van der Waals surface area contributed by atoms with E-state index in [9.17, 15) is 13.2 Å². The zero-order valence-corrected chi connectivity index (χ0v) is 8.60. The first-order valence-electron chi connectivity index (χ1n) is 3.93. The van der Waals surface area contributed by atoms with Crippen molar-refractivity contribution < 1.29 is 17.8 Å². The molecule has 5 heteroatoms. The minimum absolute atomic E-state index is 0.0939. The van der Waals surface area contributed by atoms with Gasteiger partial charge in [-0.1, -0.05) is 19.9 Å².